The van der Waals surface area contributed by atoms with Gasteiger partial charge in [0.15, 0.2) is 0 Å². The van der Waals surface area contributed by atoms with Crippen molar-refractivity contribution in [1.29, 1.82) is 0 Å². The Morgan fingerprint density at radius 3 is 2.65 bits per heavy atom. The summed E-state index contributed by atoms with van der Waals surface area (Å²) in [4.78, 5) is 0. The lowest BCUT2D eigenvalue weighted by molar-refractivity contribution is -0.677. The smallest absolute Gasteiger partial charge is 0.253 e. The molecule has 1 heterocycles. The molecule has 0 saturated heterocycles. The van der Waals surface area contributed by atoms with Crippen LogP contribution in [0, 0.1) is 12.7 Å². The molecule has 1 aromatic carbocycles. The Morgan fingerprint density at radius 1 is 1.41 bits per heavy atom. The van der Waals surface area contributed by atoms with Crippen molar-refractivity contribution in [3.63, 3.8) is 0 Å². The minimum absolute atomic E-state index is 0. The third kappa shape index (κ3) is 2.98. The number of halogens is 3. The van der Waals surface area contributed by atoms with Gasteiger partial charge >= 0.3 is 0 Å². The number of hydrogen-bond acceptors (Lipinski definition) is 0. The number of benzene rings is 1. The van der Waals surface area contributed by atoms with Crippen molar-refractivity contribution in [3.8, 4) is 0 Å². The maximum atomic E-state index is 13.6. The molecule has 0 spiro atoms. The number of nitrogens with zero attached hydrogens (tertiary/aromatic N) is 2. The highest BCUT2D eigenvalue weighted by Gasteiger charge is 2.14. The van der Waals surface area contributed by atoms with E-state index in [2.05, 4.69) is 0 Å². The molecule has 0 atom stereocenters. The van der Waals surface area contributed by atoms with Gasteiger partial charge in [-0.3, -0.25) is 0 Å². The van der Waals surface area contributed by atoms with Gasteiger partial charge in [0.25, 0.3) is 5.82 Å². The summed E-state index contributed by atoms with van der Waals surface area (Å²) >= 11 is 5.98. The minimum atomic E-state index is -0.261. The fourth-order valence-electron chi connectivity index (χ4n) is 1.62. The molecule has 0 radical (unpaired) electrons. The molecule has 0 aliphatic heterocycles. The van der Waals surface area contributed by atoms with Crippen molar-refractivity contribution in [2.45, 2.75) is 13.5 Å². The minimum Gasteiger partial charge on any atom is -1.00 e. The van der Waals surface area contributed by atoms with Crippen LogP contribution in [0.25, 0.3) is 0 Å². The third-order valence-corrected chi connectivity index (χ3v) is 3.14. The Kier molecular flexibility index (Phi) is 4.94. The molecule has 0 saturated carbocycles. The largest absolute Gasteiger partial charge is 1.00 e. The normalized spacial score (nSPS) is 10.1. The molecular formula is C12H13ClFIN2. The van der Waals surface area contributed by atoms with Gasteiger partial charge in [-0.15, -0.1) is 0 Å². The van der Waals surface area contributed by atoms with Gasteiger partial charge in [0.1, 0.15) is 24.8 Å². The first-order valence-corrected chi connectivity index (χ1v) is 5.41. The molecule has 17 heavy (non-hydrogen) atoms. The number of aromatic nitrogens is 2. The van der Waals surface area contributed by atoms with E-state index in [1.807, 2.05) is 35.5 Å². The fourth-order valence-corrected chi connectivity index (χ4v) is 1.84. The van der Waals surface area contributed by atoms with Gasteiger partial charge in [0.05, 0.1) is 12.1 Å². The van der Waals surface area contributed by atoms with E-state index in [9.17, 15) is 4.39 Å². The molecule has 92 valence electrons. The summed E-state index contributed by atoms with van der Waals surface area (Å²) in [5.41, 5.74) is 0.531. The summed E-state index contributed by atoms with van der Waals surface area (Å²) < 4.78 is 17.5. The molecule has 0 aliphatic rings. The van der Waals surface area contributed by atoms with Crippen molar-refractivity contribution in [1.82, 2.24) is 4.57 Å². The third-order valence-electron chi connectivity index (χ3n) is 2.79. The number of hydrogen-bond donors (Lipinski definition) is 0. The van der Waals surface area contributed by atoms with E-state index in [4.69, 9.17) is 11.6 Å². The number of imidazole rings is 1. The van der Waals surface area contributed by atoms with Crippen LogP contribution in [0.5, 0.6) is 0 Å². The first-order chi connectivity index (χ1) is 7.59. The first kappa shape index (κ1) is 14.4. The standard InChI is InChI=1S/C12H13ClFN2.HI/c1-9-15(2)6-7-16(9)8-10-11(13)4-3-5-12(10)14;/h3-7H,8H2,1-2H3;1H/q+1;/p-1. The Morgan fingerprint density at radius 2 is 2.12 bits per heavy atom. The highest BCUT2D eigenvalue weighted by molar-refractivity contribution is 6.31. The molecule has 0 fully saturated rings. The molecule has 5 heteroatoms. The fraction of sp³-hybridized carbons (Fsp3) is 0.250. The lowest BCUT2D eigenvalue weighted by Crippen LogP contribution is -3.00. The van der Waals surface area contributed by atoms with Crippen LogP contribution in [0.3, 0.4) is 0 Å². The number of rotatable bonds is 2. The van der Waals surface area contributed by atoms with E-state index in [1.165, 1.54) is 6.07 Å². The van der Waals surface area contributed by atoms with Crippen LogP contribution >= 0.6 is 11.6 Å². The van der Waals surface area contributed by atoms with Crippen LogP contribution in [-0.2, 0) is 13.6 Å². The van der Waals surface area contributed by atoms with Crippen molar-refractivity contribution in [3.05, 3.63) is 52.8 Å². The van der Waals surface area contributed by atoms with E-state index in [1.54, 1.807) is 12.1 Å². The molecule has 0 N–H and O–H groups in total. The molecule has 2 nitrogen and oxygen atoms in total. The van der Waals surface area contributed by atoms with Crippen LogP contribution < -0.4 is 28.5 Å². The molecule has 0 aliphatic carbocycles. The molecule has 2 rings (SSSR count). The van der Waals surface area contributed by atoms with E-state index in [0.29, 0.717) is 17.1 Å². The van der Waals surface area contributed by atoms with Crippen molar-refractivity contribution in [2.75, 3.05) is 0 Å². The molecular weight excluding hydrogens is 354 g/mol. The second-order valence-electron chi connectivity index (χ2n) is 3.78. The first-order valence-electron chi connectivity index (χ1n) is 5.04. The van der Waals surface area contributed by atoms with E-state index < -0.39 is 0 Å². The van der Waals surface area contributed by atoms with Gasteiger partial charge in [-0.25, -0.2) is 13.5 Å². The maximum Gasteiger partial charge on any atom is 0.253 e. The van der Waals surface area contributed by atoms with Gasteiger partial charge in [-0.05, 0) is 12.1 Å². The van der Waals surface area contributed by atoms with Crippen LogP contribution in [0.2, 0.25) is 5.02 Å². The zero-order chi connectivity index (χ0) is 11.7. The summed E-state index contributed by atoms with van der Waals surface area (Å²) in [5, 5.41) is 0.468. The zero-order valence-electron chi connectivity index (χ0n) is 9.62. The van der Waals surface area contributed by atoms with E-state index in [0.717, 1.165) is 5.82 Å². The topological polar surface area (TPSA) is 8.81 Å². The molecule has 0 amide bonds. The average Bonchev–Trinajstić information content (AvgIpc) is 2.55. The van der Waals surface area contributed by atoms with Gasteiger partial charge in [0, 0.05) is 12.5 Å². The van der Waals surface area contributed by atoms with Crippen LogP contribution in [-0.4, -0.2) is 4.57 Å². The zero-order valence-corrected chi connectivity index (χ0v) is 12.5. The predicted octanol–water partition coefficient (Wildman–Crippen LogP) is -0.534. The maximum absolute atomic E-state index is 13.6. The second-order valence-corrected chi connectivity index (χ2v) is 4.19. The van der Waals surface area contributed by atoms with Gasteiger partial charge < -0.3 is 24.0 Å². The second kappa shape index (κ2) is 5.82. The molecule has 0 bridgehead atoms. The lowest BCUT2D eigenvalue weighted by atomic mass is 10.2. The Labute approximate surface area is 122 Å². The monoisotopic (exact) mass is 366 g/mol. The molecule has 1 aromatic heterocycles. The SMILES string of the molecule is Cc1n(Cc2c(F)cccc2Cl)cc[n+]1C.[I-]. The van der Waals surface area contributed by atoms with Crippen molar-refractivity contribution < 1.29 is 32.9 Å². The van der Waals surface area contributed by atoms with Crippen LogP contribution in [0.4, 0.5) is 4.39 Å². The highest BCUT2D eigenvalue weighted by Crippen LogP contribution is 2.20. The van der Waals surface area contributed by atoms with Crippen molar-refractivity contribution in [2.24, 2.45) is 7.05 Å². The molecule has 2 aromatic rings. The Hall–Kier alpha value is -0.620. The van der Waals surface area contributed by atoms with E-state index >= 15 is 0 Å². The van der Waals surface area contributed by atoms with Crippen molar-refractivity contribution >= 4 is 11.6 Å². The summed E-state index contributed by atoms with van der Waals surface area (Å²) in [5.74, 6) is 0.794. The van der Waals surface area contributed by atoms with Crippen LogP contribution in [0.1, 0.15) is 11.4 Å². The van der Waals surface area contributed by atoms with Crippen LogP contribution in [0.15, 0.2) is 30.6 Å². The quantitative estimate of drug-likeness (QED) is 0.499. The predicted molar refractivity (Wildman–Crippen MR) is 60.9 cm³/mol. The summed E-state index contributed by atoms with van der Waals surface area (Å²) in [6.45, 7) is 2.44. The summed E-state index contributed by atoms with van der Waals surface area (Å²) in [6.07, 6.45) is 3.85. The Bertz CT molecular complexity index is 505. The van der Waals surface area contributed by atoms with E-state index in [-0.39, 0.29) is 29.8 Å². The lowest BCUT2D eigenvalue weighted by Gasteiger charge is -2.04. The highest BCUT2D eigenvalue weighted by atomic mass is 127. The molecule has 0 unspecified atom stereocenters. The number of aryl methyl sites for hydroxylation is 1. The summed E-state index contributed by atoms with van der Waals surface area (Å²) in [6, 6.07) is 4.75. The van der Waals surface area contributed by atoms with Gasteiger partial charge in [-0.1, -0.05) is 17.7 Å². The van der Waals surface area contributed by atoms with Gasteiger partial charge in [-0.2, -0.15) is 0 Å². The van der Waals surface area contributed by atoms with Gasteiger partial charge in [0.2, 0.25) is 0 Å². The summed E-state index contributed by atoms with van der Waals surface area (Å²) in [7, 11) is 1.95. The Balaban J connectivity index is 0.00000144. The average molecular weight is 367 g/mol.